The normalized spacial score (nSPS) is 18.0. The van der Waals surface area contributed by atoms with Gasteiger partial charge in [0.2, 0.25) is 0 Å². The maximum Gasteiger partial charge on any atom is 0.509 e. The van der Waals surface area contributed by atoms with Crippen molar-refractivity contribution in [2.45, 2.75) is 137 Å². The number of nitrogens with zero attached hydrogens (tertiary/aromatic N) is 4. The fraction of sp³-hybridized carbons (Fsp3) is 0.769. The molecule has 15 nitrogen and oxygen atoms in total. The summed E-state index contributed by atoms with van der Waals surface area (Å²) in [5.74, 6) is -0.957. The van der Waals surface area contributed by atoms with Gasteiger partial charge in [0.05, 0.1) is 49.6 Å². The highest BCUT2D eigenvalue weighted by atomic mass is 16.7. The lowest BCUT2D eigenvalue weighted by Gasteiger charge is -2.39. The minimum Gasteiger partial charge on any atom is -0.468 e. The summed E-state index contributed by atoms with van der Waals surface area (Å²) in [6, 6.07) is 4.60. The number of methoxy groups -OCH3 is 1. The van der Waals surface area contributed by atoms with E-state index in [1.54, 1.807) is 19.1 Å². The molecule has 1 aliphatic rings. The highest BCUT2D eigenvalue weighted by Crippen LogP contribution is 2.31. The molecule has 1 aliphatic heterocycles. The highest BCUT2D eigenvalue weighted by Gasteiger charge is 2.45. The van der Waals surface area contributed by atoms with Gasteiger partial charge in [-0.2, -0.15) is 0 Å². The molecule has 1 fully saturated rings. The van der Waals surface area contributed by atoms with Crippen LogP contribution in [-0.2, 0) is 44.4 Å². The molecule has 0 saturated carbocycles. The van der Waals surface area contributed by atoms with Crippen LogP contribution in [0.25, 0.3) is 0 Å². The van der Waals surface area contributed by atoms with Crippen molar-refractivity contribution in [3.63, 3.8) is 0 Å². The maximum atomic E-state index is 13.5. The second-order valence-electron chi connectivity index (χ2n) is 16.7. The Morgan fingerprint density at radius 2 is 1.50 bits per heavy atom. The Morgan fingerprint density at radius 1 is 0.926 bits per heavy atom. The molecular formula is C39H66N4O11. The van der Waals surface area contributed by atoms with E-state index < -0.39 is 40.9 Å². The van der Waals surface area contributed by atoms with Crippen molar-refractivity contribution in [1.29, 1.82) is 0 Å². The summed E-state index contributed by atoms with van der Waals surface area (Å²) >= 11 is 0. The first-order valence-corrected chi connectivity index (χ1v) is 18.9. The molecule has 1 unspecified atom stereocenters. The van der Waals surface area contributed by atoms with E-state index in [9.17, 15) is 24.5 Å². The molecule has 15 heteroatoms. The van der Waals surface area contributed by atoms with Crippen molar-refractivity contribution in [2.75, 3.05) is 59.7 Å². The average molecular weight is 767 g/mol. The summed E-state index contributed by atoms with van der Waals surface area (Å²) in [6.07, 6.45) is -0.649. The van der Waals surface area contributed by atoms with E-state index in [2.05, 4.69) is 11.8 Å². The Kier molecular flexibility index (Phi) is 18.3. The Hall–Kier alpha value is -3.37. The molecule has 1 aromatic carbocycles. The van der Waals surface area contributed by atoms with E-state index in [1.807, 2.05) is 72.1 Å². The predicted molar refractivity (Wildman–Crippen MR) is 204 cm³/mol. The maximum absolute atomic E-state index is 13.5. The van der Waals surface area contributed by atoms with E-state index in [0.717, 1.165) is 0 Å². The van der Waals surface area contributed by atoms with Crippen molar-refractivity contribution in [3.8, 4) is 0 Å². The third-order valence-electron chi connectivity index (χ3n) is 8.62. The van der Waals surface area contributed by atoms with E-state index in [4.69, 9.17) is 28.4 Å². The molecule has 0 spiro atoms. The monoisotopic (exact) mass is 766 g/mol. The largest absolute Gasteiger partial charge is 0.509 e. The van der Waals surface area contributed by atoms with Crippen LogP contribution in [-0.4, -0.2) is 139 Å². The highest BCUT2D eigenvalue weighted by molar-refractivity contribution is 5.76. The van der Waals surface area contributed by atoms with Crippen LogP contribution in [0.1, 0.15) is 94.6 Å². The number of rotatable bonds is 20. The summed E-state index contributed by atoms with van der Waals surface area (Å²) in [5, 5.41) is 11.3. The molecule has 4 atom stereocenters. The van der Waals surface area contributed by atoms with Gasteiger partial charge in [0.25, 0.3) is 5.69 Å². The smallest absolute Gasteiger partial charge is 0.468 e. The Labute approximate surface area is 322 Å². The Balaban J connectivity index is 2.50. The van der Waals surface area contributed by atoms with Gasteiger partial charge in [-0.3, -0.25) is 34.4 Å². The summed E-state index contributed by atoms with van der Waals surface area (Å²) < 4.78 is 34.1. The van der Waals surface area contributed by atoms with Gasteiger partial charge in [0.1, 0.15) is 11.6 Å². The number of carbonyl (C=O) groups is 3. The zero-order valence-electron chi connectivity index (χ0n) is 34.7. The summed E-state index contributed by atoms with van der Waals surface area (Å²) in [5.41, 5.74) is -0.738. The van der Waals surface area contributed by atoms with Crippen molar-refractivity contribution in [2.24, 2.45) is 0 Å². The van der Waals surface area contributed by atoms with Gasteiger partial charge in [-0.05, 0) is 94.6 Å². The standard InChI is InChI=1S/C39H66N4O11/c1-13-50-36(46)53-33-19-18-31(42(33)32(35(45)49-12)24-29-14-16-30(17-15-29)43(47)48)26-40(27-34(44)54-39(9,10)11)25-28(2)41(20-22-51-37(3,4)5)21-23-52-38(6,7)8/h14-17,28,31-33H,13,18-27H2,1-12H3/t28?,31-,32+,33+/m0/s1. The molecule has 0 bridgehead atoms. The molecule has 2 rings (SSSR count). The lowest BCUT2D eigenvalue weighted by atomic mass is 10.0. The van der Waals surface area contributed by atoms with Gasteiger partial charge >= 0.3 is 18.1 Å². The average Bonchev–Trinajstić information content (AvgIpc) is 3.41. The zero-order valence-corrected chi connectivity index (χ0v) is 34.7. The number of nitro benzene ring substituents is 1. The van der Waals surface area contributed by atoms with Gasteiger partial charge in [0, 0.05) is 56.8 Å². The van der Waals surface area contributed by atoms with Crippen LogP contribution in [0.15, 0.2) is 24.3 Å². The van der Waals surface area contributed by atoms with E-state index >= 15 is 0 Å². The predicted octanol–water partition coefficient (Wildman–Crippen LogP) is 5.61. The first-order valence-electron chi connectivity index (χ1n) is 18.9. The summed E-state index contributed by atoms with van der Waals surface area (Å²) in [6.45, 7) is 24.5. The van der Waals surface area contributed by atoms with Crippen molar-refractivity contribution in [3.05, 3.63) is 39.9 Å². The second kappa shape index (κ2) is 21.1. The molecule has 54 heavy (non-hydrogen) atoms. The van der Waals surface area contributed by atoms with Crippen LogP contribution >= 0.6 is 0 Å². The van der Waals surface area contributed by atoms with Gasteiger partial charge in [-0.15, -0.1) is 0 Å². The van der Waals surface area contributed by atoms with Crippen molar-refractivity contribution >= 4 is 23.8 Å². The van der Waals surface area contributed by atoms with E-state index in [1.165, 1.54) is 19.2 Å². The minimum atomic E-state index is -0.926. The number of esters is 2. The first-order chi connectivity index (χ1) is 25.0. The SMILES string of the molecule is CCOC(=O)O[C@@H]1CC[C@@H](CN(CC(=O)OC(C)(C)C)CC(C)N(CCOC(C)(C)C)CCOC(C)(C)C)N1[C@H](Cc1ccc([N+](=O)[O-])cc1)C(=O)OC. The number of likely N-dealkylation sites (tertiary alicyclic amines) is 1. The zero-order chi connectivity index (χ0) is 40.9. The molecule has 0 aromatic heterocycles. The third-order valence-corrected chi connectivity index (χ3v) is 8.62. The second-order valence-corrected chi connectivity index (χ2v) is 16.7. The number of non-ortho nitro benzene ring substituents is 1. The first kappa shape index (κ1) is 46.8. The fourth-order valence-corrected chi connectivity index (χ4v) is 6.35. The molecule has 1 heterocycles. The number of hydrogen-bond donors (Lipinski definition) is 0. The van der Waals surface area contributed by atoms with Crippen LogP contribution < -0.4 is 0 Å². The van der Waals surface area contributed by atoms with E-state index in [-0.39, 0.29) is 48.5 Å². The number of benzene rings is 1. The van der Waals surface area contributed by atoms with Gasteiger partial charge in [0.15, 0.2) is 6.23 Å². The van der Waals surface area contributed by atoms with Crippen molar-refractivity contribution in [1.82, 2.24) is 14.7 Å². The number of hydrogen-bond acceptors (Lipinski definition) is 14. The summed E-state index contributed by atoms with van der Waals surface area (Å²) in [7, 11) is 1.29. The van der Waals surface area contributed by atoms with Gasteiger partial charge in [-0.1, -0.05) is 12.1 Å². The quantitative estimate of drug-likeness (QED) is 0.0698. The van der Waals surface area contributed by atoms with Crippen LogP contribution in [0.4, 0.5) is 10.5 Å². The van der Waals surface area contributed by atoms with E-state index in [0.29, 0.717) is 57.8 Å². The van der Waals surface area contributed by atoms with Gasteiger partial charge in [-0.25, -0.2) is 4.79 Å². The number of nitro groups is 1. The van der Waals surface area contributed by atoms with Crippen LogP contribution in [0.5, 0.6) is 0 Å². The molecule has 1 aromatic rings. The topological polar surface area (TPSA) is 159 Å². The summed E-state index contributed by atoms with van der Waals surface area (Å²) in [4.78, 5) is 56.5. The van der Waals surface area contributed by atoms with Crippen LogP contribution in [0.2, 0.25) is 0 Å². The molecule has 0 N–H and O–H groups in total. The molecule has 308 valence electrons. The molecule has 0 radical (unpaired) electrons. The lowest BCUT2D eigenvalue weighted by molar-refractivity contribution is -0.384. The third kappa shape index (κ3) is 17.4. The lowest BCUT2D eigenvalue weighted by Crippen LogP contribution is -2.55. The van der Waals surface area contributed by atoms with Gasteiger partial charge < -0.3 is 28.4 Å². The van der Waals surface area contributed by atoms with Crippen molar-refractivity contribution < 1.29 is 47.7 Å². The fourth-order valence-electron chi connectivity index (χ4n) is 6.35. The Morgan fingerprint density at radius 3 is 1.98 bits per heavy atom. The number of ether oxygens (including phenoxy) is 6. The number of carbonyl (C=O) groups excluding carboxylic acids is 3. The minimum absolute atomic E-state index is 0.0224. The Bertz CT molecular complexity index is 1320. The molecule has 0 aliphatic carbocycles. The molecule has 1 saturated heterocycles. The molecular weight excluding hydrogens is 700 g/mol. The molecule has 0 amide bonds. The van der Waals surface area contributed by atoms with Crippen LogP contribution in [0.3, 0.4) is 0 Å². The van der Waals surface area contributed by atoms with Crippen LogP contribution in [0, 0.1) is 10.1 Å².